The lowest BCUT2D eigenvalue weighted by Crippen LogP contribution is -2.17. The molecular weight excluding hydrogens is 366 g/mol. The van der Waals surface area contributed by atoms with Gasteiger partial charge in [0.05, 0.1) is 10.6 Å². The third-order valence-corrected chi connectivity index (χ3v) is 5.50. The molecule has 4 rings (SSSR count). The van der Waals surface area contributed by atoms with Crippen molar-refractivity contribution in [3.8, 4) is 16.3 Å². The van der Waals surface area contributed by atoms with Crippen molar-refractivity contribution in [2.45, 2.75) is 20.8 Å². The number of aryl methyl sites for hydroxylation is 3. The standard InChI is InChI=1S/C23H21N3OS/c1-15-6-9-18(10-7-15)24-23(27)21-14-19(22-5-4-12-28-22)25-26(21)20-11-8-16(2)13-17(20)3/h4-14H,1-3H3,(H,24,27). The largest absolute Gasteiger partial charge is 0.321 e. The van der Waals surface area contributed by atoms with E-state index in [1.54, 1.807) is 16.0 Å². The van der Waals surface area contributed by atoms with Gasteiger partial charge in [0.2, 0.25) is 0 Å². The maximum absolute atomic E-state index is 13.1. The number of hydrogen-bond acceptors (Lipinski definition) is 3. The summed E-state index contributed by atoms with van der Waals surface area (Å²) in [6, 6.07) is 19.8. The van der Waals surface area contributed by atoms with Crippen molar-refractivity contribution in [2.24, 2.45) is 0 Å². The number of nitrogens with zero attached hydrogens (tertiary/aromatic N) is 2. The van der Waals surface area contributed by atoms with Gasteiger partial charge in [-0.15, -0.1) is 11.3 Å². The molecule has 0 atom stereocenters. The molecule has 0 aliphatic carbocycles. The van der Waals surface area contributed by atoms with E-state index < -0.39 is 0 Å². The fourth-order valence-electron chi connectivity index (χ4n) is 3.15. The topological polar surface area (TPSA) is 46.9 Å². The second-order valence-electron chi connectivity index (χ2n) is 6.91. The molecule has 0 saturated heterocycles. The van der Waals surface area contributed by atoms with Gasteiger partial charge in [-0.2, -0.15) is 5.10 Å². The quantitative estimate of drug-likeness (QED) is 0.482. The number of aromatic nitrogens is 2. The van der Waals surface area contributed by atoms with Crippen molar-refractivity contribution >= 4 is 22.9 Å². The molecule has 28 heavy (non-hydrogen) atoms. The highest BCUT2D eigenvalue weighted by Crippen LogP contribution is 2.27. The minimum atomic E-state index is -0.181. The average molecular weight is 388 g/mol. The van der Waals surface area contributed by atoms with E-state index in [1.165, 1.54) is 5.56 Å². The summed E-state index contributed by atoms with van der Waals surface area (Å²) in [7, 11) is 0. The first-order valence-electron chi connectivity index (χ1n) is 9.11. The molecule has 5 heteroatoms. The Hall–Kier alpha value is -3.18. The molecule has 4 nitrogen and oxygen atoms in total. The molecule has 0 bridgehead atoms. The van der Waals surface area contributed by atoms with Gasteiger partial charge in [-0.05, 0) is 62.0 Å². The van der Waals surface area contributed by atoms with Gasteiger partial charge in [0.1, 0.15) is 11.4 Å². The number of thiophene rings is 1. The van der Waals surface area contributed by atoms with E-state index in [1.807, 2.05) is 73.8 Å². The van der Waals surface area contributed by atoms with Gasteiger partial charge in [0.25, 0.3) is 5.91 Å². The summed E-state index contributed by atoms with van der Waals surface area (Å²) in [6.45, 7) is 6.12. The highest BCUT2D eigenvalue weighted by atomic mass is 32.1. The van der Waals surface area contributed by atoms with Gasteiger partial charge < -0.3 is 5.32 Å². The number of rotatable bonds is 4. The summed E-state index contributed by atoms with van der Waals surface area (Å²) in [6.07, 6.45) is 0. The summed E-state index contributed by atoms with van der Waals surface area (Å²) in [5, 5.41) is 9.76. The molecule has 0 aliphatic heterocycles. The minimum absolute atomic E-state index is 0.181. The number of amides is 1. The molecular formula is C23H21N3OS. The molecule has 2 aromatic heterocycles. The maximum Gasteiger partial charge on any atom is 0.274 e. The summed E-state index contributed by atoms with van der Waals surface area (Å²) in [4.78, 5) is 14.1. The summed E-state index contributed by atoms with van der Waals surface area (Å²) >= 11 is 1.61. The normalized spacial score (nSPS) is 10.8. The van der Waals surface area contributed by atoms with Gasteiger partial charge in [0.15, 0.2) is 0 Å². The summed E-state index contributed by atoms with van der Waals surface area (Å²) < 4.78 is 1.74. The first-order valence-corrected chi connectivity index (χ1v) is 9.99. The molecule has 0 radical (unpaired) electrons. The monoisotopic (exact) mass is 387 g/mol. The fourth-order valence-corrected chi connectivity index (χ4v) is 3.83. The van der Waals surface area contributed by atoms with Gasteiger partial charge in [0, 0.05) is 5.69 Å². The molecule has 2 aromatic carbocycles. The molecule has 2 heterocycles. The molecule has 0 fully saturated rings. The summed E-state index contributed by atoms with van der Waals surface area (Å²) in [5.74, 6) is -0.181. The first-order chi connectivity index (χ1) is 13.5. The van der Waals surface area contributed by atoms with Crippen molar-refractivity contribution in [2.75, 3.05) is 5.32 Å². The Morgan fingerprint density at radius 2 is 1.71 bits per heavy atom. The number of carbonyl (C=O) groups excluding carboxylic acids is 1. The molecule has 1 amide bonds. The van der Waals surface area contributed by atoms with Gasteiger partial charge in [-0.25, -0.2) is 4.68 Å². The van der Waals surface area contributed by atoms with Gasteiger partial charge in [-0.1, -0.05) is 41.5 Å². The molecule has 0 unspecified atom stereocenters. The highest BCUT2D eigenvalue weighted by molar-refractivity contribution is 7.13. The van der Waals surface area contributed by atoms with Crippen LogP contribution in [0.15, 0.2) is 66.0 Å². The predicted molar refractivity (Wildman–Crippen MR) is 115 cm³/mol. The lowest BCUT2D eigenvalue weighted by Gasteiger charge is -2.11. The lowest BCUT2D eigenvalue weighted by atomic mass is 10.1. The van der Waals surface area contributed by atoms with Crippen LogP contribution in [0.4, 0.5) is 5.69 Å². The Morgan fingerprint density at radius 3 is 2.39 bits per heavy atom. The predicted octanol–water partition coefficient (Wildman–Crippen LogP) is 5.78. The van der Waals surface area contributed by atoms with Crippen molar-refractivity contribution < 1.29 is 4.79 Å². The van der Waals surface area contributed by atoms with Crippen LogP contribution in [0, 0.1) is 20.8 Å². The number of nitrogens with one attached hydrogen (secondary N) is 1. The van der Waals surface area contributed by atoms with Crippen LogP contribution < -0.4 is 5.32 Å². The van der Waals surface area contributed by atoms with E-state index in [0.717, 1.165) is 33.1 Å². The van der Waals surface area contributed by atoms with E-state index in [9.17, 15) is 4.79 Å². The Bertz CT molecular complexity index is 1130. The first kappa shape index (κ1) is 18.2. The molecule has 0 spiro atoms. The van der Waals surface area contributed by atoms with Gasteiger partial charge >= 0.3 is 0 Å². The van der Waals surface area contributed by atoms with Crippen LogP contribution in [0.3, 0.4) is 0 Å². The van der Waals surface area contributed by atoms with Gasteiger partial charge in [-0.3, -0.25) is 4.79 Å². The van der Waals surface area contributed by atoms with E-state index in [2.05, 4.69) is 18.3 Å². The SMILES string of the molecule is Cc1ccc(NC(=O)c2cc(-c3cccs3)nn2-c2ccc(C)cc2C)cc1. The smallest absolute Gasteiger partial charge is 0.274 e. The third kappa shape index (κ3) is 3.62. The molecule has 1 N–H and O–H groups in total. The zero-order chi connectivity index (χ0) is 19.7. The molecule has 0 aliphatic rings. The summed E-state index contributed by atoms with van der Waals surface area (Å²) in [5.41, 5.74) is 6.38. The second kappa shape index (κ2) is 7.44. The zero-order valence-corrected chi connectivity index (χ0v) is 16.9. The Morgan fingerprint density at radius 1 is 0.964 bits per heavy atom. The van der Waals surface area contributed by atoms with Crippen LogP contribution >= 0.6 is 11.3 Å². The number of hydrogen-bond donors (Lipinski definition) is 1. The molecule has 0 saturated carbocycles. The lowest BCUT2D eigenvalue weighted by molar-refractivity contribution is 0.101. The van der Waals surface area contributed by atoms with Crippen molar-refractivity contribution in [3.63, 3.8) is 0 Å². The Labute approximate surface area is 168 Å². The minimum Gasteiger partial charge on any atom is -0.321 e. The van der Waals surface area contributed by atoms with Crippen LogP contribution in [-0.4, -0.2) is 15.7 Å². The Kier molecular flexibility index (Phi) is 4.84. The van der Waals surface area contributed by atoms with Crippen molar-refractivity contribution in [1.29, 1.82) is 0 Å². The number of benzene rings is 2. The number of carbonyl (C=O) groups is 1. The molecule has 140 valence electrons. The van der Waals surface area contributed by atoms with Crippen molar-refractivity contribution in [3.05, 3.63) is 88.4 Å². The van der Waals surface area contributed by atoms with E-state index >= 15 is 0 Å². The zero-order valence-electron chi connectivity index (χ0n) is 16.1. The van der Waals surface area contributed by atoms with E-state index in [4.69, 9.17) is 5.10 Å². The van der Waals surface area contributed by atoms with Crippen LogP contribution in [0.1, 0.15) is 27.2 Å². The van der Waals surface area contributed by atoms with E-state index in [-0.39, 0.29) is 5.91 Å². The Balaban J connectivity index is 1.78. The van der Waals surface area contributed by atoms with Crippen LogP contribution in [0.2, 0.25) is 0 Å². The van der Waals surface area contributed by atoms with Crippen LogP contribution in [0.5, 0.6) is 0 Å². The van der Waals surface area contributed by atoms with Crippen LogP contribution in [0.25, 0.3) is 16.3 Å². The number of anilines is 1. The molecule has 4 aromatic rings. The average Bonchev–Trinajstić information content (AvgIpc) is 3.33. The van der Waals surface area contributed by atoms with E-state index in [0.29, 0.717) is 5.69 Å². The maximum atomic E-state index is 13.1. The van der Waals surface area contributed by atoms with Crippen molar-refractivity contribution in [1.82, 2.24) is 9.78 Å². The fraction of sp³-hybridized carbons (Fsp3) is 0.130. The second-order valence-corrected chi connectivity index (χ2v) is 7.86. The third-order valence-electron chi connectivity index (χ3n) is 4.61. The van der Waals surface area contributed by atoms with Crippen LogP contribution in [-0.2, 0) is 0 Å². The highest BCUT2D eigenvalue weighted by Gasteiger charge is 2.19.